The fourth-order valence-electron chi connectivity index (χ4n) is 0.621. The largest absolute Gasteiger partial charge is 0.389 e. The Morgan fingerprint density at radius 2 is 2.36 bits per heavy atom. The lowest BCUT2D eigenvalue weighted by atomic mass is 10.5. The molecule has 0 fully saturated rings. The van der Waals surface area contributed by atoms with E-state index in [0.29, 0.717) is 5.01 Å². The van der Waals surface area contributed by atoms with Crippen LogP contribution in [0.3, 0.4) is 0 Å². The normalized spacial score (nSPS) is 10.0. The van der Waals surface area contributed by atoms with Crippen LogP contribution in [0.15, 0.2) is 0 Å². The summed E-state index contributed by atoms with van der Waals surface area (Å²) < 4.78 is 0. The molecule has 0 aliphatic carbocycles. The van der Waals surface area contributed by atoms with Gasteiger partial charge in [-0.1, -0.05) is 18.3 Å². The van der Waals surface area contributed by atoms with Crippen LogP contribution in [0.1, 0.15) is 18.4 Å². The minimum atomic E-state index is -0.0223. The summed E-state index contributed by atoms with van der Waals surface area (Å²) in [6, 6.07) is 0. The van der Waals surface area contributed by atoms with Crippen LogP contribution in [0, 0.1) is 0 Å². The molecular formula is C6H11N3OS. The first kappa shape index (κ1) is 8.42. The zero-order chi connectivity index (χ0) is 8.10. The van der Waals surface area contributed by atoms with Gasteiger partial charge in [0.15, 0.2) is 0 Å². The van der Waals surface area contributed by atoms with E-state index < -0.39 is 0 Å². The number of hydrogen-bond donors (Lipinski definition) is 2. The molecule has 0 atom stereocenters. The minimum Gasteiger partial charge on any atom is -0.389 e. The van der Waals surface area contributed by atoms with Gasteiger partial charge in [-0.2, -0.15) is 0 Å². The van der Waals surface area contributed by atoms with Gasteiger partial charge in [0.05, 0.1) is 6.61 Å². The van der Waals surface area contributed by atoms with Gasteiger partial charge in [-0.3, -0.25) is 0 Å². The molecule has 2 N–H and O–H groups in total. The Morgan fingerprint density at radius 3 is 2.91 bits per heavy atom. The predicted octanol–water partition coefficient (Wildman–Crippen LogP) is 0.852. The fourth-order valence-corrected chi connectivity index (χ4v) is 1.25. The second-order valence-electron chi connectivity index (χ2n) is 2.09. The van der Waals surface area contributed by atoms with E-state index in [9.17, 15) is 0 Å². The monoisotopic (exact) mass is 173 g/mol. The summed E-state index contributed by atoms with van der Waals surface area (Å²) in [4.78, 5) is 0. The Labute approximate surface area is 69.3 Å². The zero-order valence-electron chi connectivity index (χ0n) is 6.37. The van der Waals surface area contributed by atoms with Crippen molar-refractivity contribution in [2.45, 2.75) is 20.0 Å². The van der Waals surface area contributed by atoms with Crippen molar-refractivity contribution in [1.82, 2.24) is 10.2 Å². The van der Waals surface area contributed by atoms with E-state index in [-0.39, 0.29) is 6.61 Å². The van der Waals surface area contributed by atoms with Gasteiger partial charge in [-0.15, -0.1) is 10.2 Å². The van der Waals surface area contributed by atoms with Crippen LogP contribution in [-0.4, -0.2) is 21.8 Å². The highest BCUT2D eigenvalue weighted by atomic mass is 32.1. The quantitative estimate of drug-likeness (QED) is 0.708. The summed E-state index contributed by atoms with van der Waals surface area (Å²) >= 11 is 1.39. The number of nitrogens with zero attached hydrogens (tertiary/aromatic N) is 2. The maximum Gasteiger partial charge on any atom is 0.205 e. The number of nitrogens with one attached hydrogen (secondary N) is 1. The zero-order valence-corrected chi connectivity index (χ0v) is 7.19. The third kappa shape index (κ3) is 2.44. The first-order valence-corrected chi connectivity index (χ1v) is 4.35. The number of aromatic nitrogens is 2. The van der Waals surface area contributed by atoms with Crippen molar-refractivity contribution >= 4 is 16.5 Å². The number of anilines is 1. The molecule has 0 spiro atoms. The summed E-state index contributed by atoms with van der Waals surface area (Å²) in [6.45, 7) is 2.96. The van der Waals surface area contributed by atoms with Crippen molar-refractivity contribution in [3.8, 4) is 0 Å². The minimum absolute atomic E-state index is 0.0223. The van der Waals surface area contributed by atoms with E-state index in [1.165, 1.54) is 11.3 Å². The van der Waals surface area contributed by atoms with Gasteiger partial charge in [-0.05, 0) is 6.42 Å². The van der Waals surface area contributed by atoms with Crippen LogP contribution < -0.4 is 5.32 Å². The van der Waals surface area contributed by atoms with E-state index in [0.717, 1.165) is 18.1 Å². The number of hydrogen-bond acceptors (Lipinski definition) is 5. The molecule has 1 aromatic rings. The maximum absolute atomic E-state index is 8.66. The van der Waals surface area contributed by atoms with Crippen LogP contribution >= 0.6 is 11.3 Å². The number of rotatable bonds is 4. The first-order valence-electron chi connectivity index (χ1n) is 3.54. The van der Waals surface area contributed by atoms with Crippen LogP contribution in [0.2, 0.25) is 0 Å². The Bertz CT molecular complexity index is 213. The van der Waals surface area contributed by atoms with Crippen LogP contribution in [0.4, 0.5) is 5.13 Å². The highest BCUT2D eigenvalue weighted by Gasteiger charge is 1.99. The molecule has 0 aliphatic rings. The van der Waals surface area contributed by atoms with Crippen LogP contribution in [0.25, 0.3) is 0 Å². The summed E-state index contributed by atoms with van der Waals surface area (Å²) in [7, 11) is 0. The smallest absolute Gasteiger partial charge is 0.205 e. The van der Waals surface area contributed by atoms with Gasteiger partial charge in [0, 0.05) is 6.54 Å². The number of aliphatic hydroxyl groups excluding tert-OH is 1. The van der Waals surface area contributed by atoms with Gasteiger partial charge in [0.2, 0.25) is 5.13 Å². The van der Waals surface area contributed by atoms with Crippen LogP contribution in [-0.2, 0) is 6.61 Å². The molecule has 1 aromatic heterocycles. The predicted molar refractivity (Wildman–Crippen MR) is 44.6 cm³/mol. The topological polar surface area (TPSA) is 58.0 Å². The lowest BCUT2D eigenvalue weighted by molar-refractivity contribution is 0.280. The summed E-state index contributed by atoms with van der Waals surface area (Å²) in [6.07, 6.45) is 1.06. The van der Waals surface area contributed by atoms with Gasteiger partial charge < -0.3 is 10.4 Å². The standard InChI is InChI=1S/C6H11N3OS/c1-2-3-7-6-9-8-5(4-10)11-6/h10H,2-4H2,1H3,(H,7,9). The fraction of sp³-hybridized carbons (Fsp3) is 0.667. The Balaban J connectivity index is 2.44. The molecule has 1 heterocycles. The van der Waals surface area contributed by atoms with Crippen LogP contribution in [0.5, 0.6) is 0 Å². The van der Waals surface area contributed by atoms with E-state index >= 15 is 0 Å². The van der Waals surface area contributed by atoms with Gasteiger partial charge >= 0.3 is 0 Å². The Kier molecular flexibility index (Phi) is 3.25. The highest BCUT2D eigenvalue weighted by Crippen LogP contribution is 2.14. The molecule has 0 radical (unpaired) electrons. The van der Waals surface area contributed by atoms with Gasteiger partial charge in [0.1, 0.15) is 5.01 Å². The molecule has 11 heavy (non-hydrogen) atoms. The molecule has 0 aromatic carbocycles. The summed E-state index contributed by atoms with van der Waals surface area (Å²) in [5.41, 5.74) is 0. The maximum atomic E-state index is 8.66. The van der Waals surface area contributed by atoms with Gasteiger partial charge in [0.25, 0.3) is 0 Å². The average molecular weight is 173 g/mol. The van der Waals surface area contributed by atoms with Crippen molar-refractivity contribution in [2.24, 2.45) is 0 Å². The van der Waals surface area contributed by atoms with E-state index in [1.807, 2.05) is 0 Å². The van der Waals surface area contributed by atoms with E-state index in [1.54, 1.807) is 0 Å². The molecule has 1 rings (SSSR count). The molecule has 0 bridgehead atoms. The molecule has 62 valence electrons. The number of aliphatic hydroxyl groups is 1. The second-order valence-corrected chi connectivity index (χ2v) is 3.15. The highest BCUT2D eigenvalue weighted by molar-refractivity contribution is 7.15. The molecule has 5 heteroatoms. The molecule has 4 nitrogen and oxygen atoms in total. The summed E-state index contributed by atoms with van der Waals surface area (Å²) in [5.74, 6) is 0. The van der Waals surface area contributed by atoms with Crippen molar-refractivity contribution in [1.29, 1.82) is 0 Å². The van der Waals surface area contributed by atoms with Crippen molar-refractivity contribution in [3.05, 3.63) is 5.01 Å². The van der Waals surface area contributed by atoms with E-state index in [2.05, 4.69) is 22.4 Å². The molecule has 0 aliphatic heterocycles. The van der Waals surface area contributed by atoms with E-state index in [4.69, 9.17) is 5.11 Å². The average Bonchev–Trinajstić information content (AvgIpc) is 2.48. The SMILES string of the molecule is CCCNc1nnc(CO)s1. The molecule has 0 unspecified atom stereocenters. The molecular weight excluding hydrogens is 162 g/mol. The van der Waals surface area contributed by atoms with Crippen molar-refractivity contribution < 1.29 is 5.11 Å². The summed E-state index contributed by atoms with van der Waals surface area (Å²) in [5, 5.41) is 20.7. The third-order valence-electron chi connectivity index (χ3n) is 1.13. The molecule has 0 amide bonds. The Morgan fingerprint density at radius 1 is 1.55 bits per heavy atom. The Hall–Kier alpha value is -0.680. The third-order valence-corrected chi connectivity index (χ3v) is 1.99. The van der Waals surface area contributed by atoms with Crippen molar-refractivity contribution in [2.75, 3.05) is 11.9 Å². The second kappa shape index (κ2) is 4.25. The molecule has 0 saturated heterocycles. The lowest BCUT2D eigenvalue weighted by Crippen LogP contribution is -1.98. The molecule has 0 saturated carbocycles. The first-order chi connectivity index (χ1) is 5.36. The van der Waals surface area contributed by atoms with Gasteiger partial charge in [-0.25, -0.2) is 0 Å². The van der Waals surface area contributed by atoms with Crippen molar-refractivity contribution in [3.63, 3.8) is 0 Å². The lowest BCUT2D eigenvalue weighted by Gasteiger charge is -1.94.